The lowest BCUT2D eigenvalue weighted by Gasteiger charge is -2.26. The molecule has 1 aromatic carbocycles. The third kappa shape index (κ3) is 4.69. The highest BCUT2D eigenvalue weighted by Crippen LogP contribution is 2.33. The third-order valence-electron chi connectivity index (χ3n) is 6.13. The normalized spacial score (nSPS) is 18.1. The van der Waals surface area contributed by atoms with Crippen LogP contribution in [0.4, 0.5) is 11.5 Å². The molecular weight excluding hydrogens is 416 g/mol. The molecule has 168 valence electrons. The van der Waals surface area contributed by atoms with Crippen molar-refractivity contribution in [2.24, 2.45) is 0 Å². The van der Waals surface area contributed by atoms with Crippen molar-refractivity contribution >= 4 is 23.3 Å². The number of rotatable bonds is 6. The Balaban J connectivity index is 1.45. The minimum absolute atomic E-state index is 0.0387. The minimum atomic E-state index is -0.215. The Bertz CT molecular complexity index is 1140. The quantitative estimate of drug-likeness (QED) is 0.628. The second-order valence-corrected chi connectivity index (χ2v) is 8.39. The Morgan fingerprint density at radius 2 is 1.85 bits per heavy atom. The van der Waals surface area contributed by atoms with Crippen LogP contribution in [0.15, 0.2) is 60.9 Å². The highest BCUT2D eigenvalue weighted by atomic mass is 16.2. The Kier molecular flexibility index (Phi) is 5.97. The molecule has 3 aromatic rings. The lowest BCUT2D eigenvalue weighted by Crippen LogP contribution is -2.40. The van der Waals surface area contributed by atoms with Crippen LogP contribution in [0.5, 0.6) is 0 Å². The van der Waals surface area contributed by atoms with E-state index < -0.39 is 0 Å². The maximum atomic E-state index is 13.1. The smallest absolute Gasteiger partial charge is 0.242 e. The van der Waals surface area contributed by atoms with Gasteiger partial charge < -0.3 is 15.1 Å². The molecule has 4 heterocycles. The Labute approximate surface area is 192 Å². The predicted octanol–water partition coefficient (Wildman–Crippen LogP) is 3.57. The molecule has 5 rings (SSSR count). The lowest BCUT2D eigenvalue weighted by atomic mass is 10.1. The fourth-order valence-electron chi connectivity index (χ4n) is 4.48. The van der Waals surface area contributed by atoms with E-state index in [1.54, 1.807) is 17.3 Å². The number of para-hydroxylation sites is 1. The van der Waals surface area contributed by atoms with E-state index in [0.717, 1.165) is 36.2 Å². The topological polar surface area (TPSA) is 91.3 Å². The van der Waals surface area contributed by atoms with Gasteiger partial charge in [-0.05, 0) is 43.5 Å². The van der Waals surface area contributed by atoms with Crippen molar-refractivity contribution in [3.63, 3.8) is 0 Å². The van der Waals surface area contributed by atoms with Crippen molar-refractivity contribution in [2.75, 3.05) is 25.0 Å². The average Bonchev–Trinajstić information content (AvgIpc) is 3.50. The summed E-state index contributed by atoms with van der Waals surface area (Å²) in [7, 11) is 0. The molecular formula is C25H26N6O2. The van der Waals surface area contributed by atoms with Crippen LogP contribution in [0.25, 0.3) is 11.3 Å². The Morgan fingerprint density at radius 1 is 1.03 bits per heavy atom. The number of aromatic nitrogens is 3. The molecule has 0 aliphatic carbocycles. The van der Waals surface area contributed by atoms with Crippen molar-refractivity contribution in [1.82, 2.24) is 24.8 Å². The van der Waals surface area contributed by atoms with Crippen molar-refractivity contribution in [3.05, 3.63) is 66.7 Å². The van der Waals surface area contributed by atoms with Gasteiger partial charge in [0.05, 0.1) is 18.3 Å². The molecule has 2 amide bonds. The van der Waals surface area contributed by atoms with Crippen LogP contribution in [0.2, 0.25) is 0 Å². The second-order valence-electron chi connectivity index (χ2n) is 8.39. The maximum absolute atomic E-state index is 13.1. The molecule has 2 fully saturated rings. The van der Waals surface area contributed by atoms with Gasteiger partial charge >= 0.3 is 0 Å². The average molecular weight is 443 g/mol. The van der Waals surface area contributed by atoms with E-state index in [1.807, 2.05) is 53.4 Å². The molecule has 0 radical (unpaired) electrons. The molecule has 2 aliphatic rings. The molecule has 0 saturated carbocycles. The molecule has 8 heteroatoms. The number of anilines is 2. The van der Waals surface area contributed by atoms with Gasteiger partial charge in [-0.2, -0.15) is 0 Å². The fraction of sp³-hybridized carbons (Fsp3) is 0.320. The summed E-state index contributed by atoms with van der Waals surface area (Å²) >= 11 is 0. The van der Waals surface area contributed by atoms with E-state index in [9.17, 15) is 9.59 Å². The number of hydrogen-bond donors (Lipinski definition) is 1. The van der Waals surface area contributed by atoms with Gasteiger partial charge in [0.2, 0.25) is 11.8 Å². The first kappa shape index (κ1) is 21.1. The third-order valence-corrected chi connectivity index (χ3v) is 6.13. The number of amides is 2. The van der Waals surface area contributed by atoms with Crippen LogP contribution >= 0.6 is 0 Å². The number of nitrogens with one attached hydrogen (secondary N) is 1. The summed E-state index contributed by atoms with van der Waals surface area (Å²) in [5.74, 6) is 1.31. The number of carbonyl (C=O) groups excluding carboxylic acids is 2. The van der Waals surface area contributed by atoms with Crippen LogP contribution in [0, 0.1) is 0 Å². The van der Waals surface area contributed by atoms with Gasteiger partial charge in [0.1, 0.15) is 5.82 Å². The van der Waals surface area contributed by atoms with E-state index in [2.05, 4.69) is 10.3 Å². The maximum Gasteiger partial charge on any atom is 0.242 e. The molecule has 33 heavy (non-hydrogen) atoms. The zero-order valence-corrected chi connectivity index (χ0v) is 18.4. The zero-order chi connectivity index (χ0) is 22.6. The van der Waals surface area contributed by atoms with Gasteiger partial charge in [-0.1, -0.05) is 18.2 Å². The second kappa shape index (κ2) is 9.36. The SMILES string of the molecule is O=C1CCCN1CC(=O)N1CCCC1c1nc(Nc2ccccc2)cc(-c2ccncc2)n1. The molecule has 0 spiro atoms. The van der Waals surface area contributed by atoms with Crippen LogP contribution in [-0.4, -0.2) is 56.2 Å². The zero-order valence-electron chi connectivity index (χ0n) is 18.4. The number of nitrogens with zero attached hydrogens (tertiary/aromatic N) is 5. The number of benzene rings is 1. The lowest BCUT2D eigenvalue weighted by molar-refractivity contribution is -0.139. The van der Waals surface area contributed by atoms with Gasteiger partial charge in [0.15, 0.2) is 5.82 Å². The summed E-state index contributed by atoms with van der Waals surface area (Å²) in [6, 6.07) is 15.4. The summed E-state index contributed by atoms with van der Waals surface area (Å²) < 4.78 is 0. The first-order chi connectivity index (χ1) is 16.2. The van der Waals surface area contributed by atoms with Gasteiger partial charge in [0, 0.05) is 49.2 Å². The predicted molar refractivity (Wildman–Crippen MR) is 124 cm³/mol. The molecule has 2 saturated heterocycles. The van der Waals surface area contributed by atoms with Crippen LogP contribution in [0.1, 0.15) is 37.5 Å². The van der Waals surface area contributed by atoms with Crippen molar-refractivity contribution in [1.29, 1.82) is 0 Å². The number of carbonyl (C=O) groups is 2. The van der Waals surface area contributed by atoms with E-state index in [4.69, 9.17) is 9.97 Å². The van der Waals surface area contributed by atoms with E-state index in [1.165, 1.54) is 0 Å². The summed E-state index contributed by atoms with van der Waals surface area (Å²) in [5.41, 5.74) is 2.63. The summed E-state index contributed by atoms with van der Waals surface area (Å²) in [6.45, 7) is 1.44. The van der Waals surface area contributed by atoms with Crippen molar-refractivity contribution in [2.45, 2.75) is 31.7 Å². The number of hydrogen-bond acceptors (Lipinski definition) is 6. The van der Waals surface area contributed by atoms with E-state index >= 15 is 0 Å². The number of pyridine rings is 1. The minimum Gasteiger partial charge on any atom is -0.340 e. The highest BCUT2D eigenvalue weighted by Gasteiger charge is 2.34. The highest BCUT2D eigenvalue weighted by molar-refractivity contribution is 5.86. The van der Waals surface area contributed by atoms with Gasteiger partial charge in [0.25, 0.3) is 0 Å². The molecule has 0 bridgehead atoms. The molecule has 2 aromatic heterocycles. The number of likely N-dealkylation sites (tertiary alicyclic amines) is 2. The van der Waals surface area contributed by atoms with E-state index in [0.29, 0.717) is 31.2 Å². The molecule has 1 N–H and O–H groups in total. The summed E-state index contributed by atoms with van der Waals surface area (Å²) in [4.78, 5) is 42.4. The van der Waals surface area contributed by atoms with Crippen LogP contribution in [-0.2, 0) is 9.59 Å². The molecule has 1 atom stereocenters. The Hall–Kier alpha value is -3.81. The summed E-state index contributed by atoms with van der Waals surface area (Å²) in [6.07, 6.45) is 6.50. The molecule has 2 aliphatic heterocycles. The van der Waals surface area contributed by atoms with Gasteiger partial charge in [-0.15, -0.1) is 0 Å². The summed E-state index contributed by atoms with van der Waals surface area (Å²) in [5, 5.41) is 3.36. The first-order valence-corrected chi connectivity index (χ1v) is 11.4. The molecule has 8 nitrogen and oxygen atoms in total. The monoisotopic (exact) mass is 442 g/mol. The first-order valence-electron chi connectivity index (χ1n) is 11.4. The largest absolute Gasteiger partial charge is 0.340 e. The van der Waals surface area contributed by atoms with Crippen molar-refractivity contribution in [3.8, 4) is 11.3 Å². The van der Waals surface area contributed by atoms with Crippen LogP contribution < -0.4 is 5.32 Å². The molecule has 1 unspecified atom stereocenters. The standard InChI is InChI=1S/C25H26N6O2/c32-23-9-5-14-30(23)17-24(33)31-15-4-8-21(31)25-28-20(18-10-12-26-13-11-18)16-22(29-25)27-19-6-2-1-3-7-19/h1-3,6-7,10-13,16,21H,4-5,8-9,14-15,17H2,(H,27,28,29). The van der Waals surface area contributed by atoms with E-state index in [-0.39, 0.29) is 24.4 Å². The van der Waals surface area contributed by atoms with Gasteiger partial charge in [-0.3, -0.25) is 14.6 Å². The van der Waals surface area contributed by atoms with Crippen LogP contribution in [0.3, 0.4) is 0 Å². The Morgan fingerprint density at radius 3 is 2.61 bits per heavy atom. The fourth-order valence-corrected chi connectivity index (χ4v) is 4.48. The van der Waals surface area contributed by atoms with Gasteiger partial charge in [-0.25, -0.2) is 9.97 Å². The van der Waals surface area contributed by atoms with Crippen molar-refractivity contribution < 1.29 is 9.59 Å².